The van der Waals surface area contributed by atoms with E-state index in [9.17, 15) is 24.6 Å². The van der Waals surface area contributed by atoms with E-state index in [1.165, 1.54) is 116 Å². The molecule has 0 saturated heterocycles. The molecule has 2 atom stereocenters. The van der Waals surface area contributed by atoms with Crippen LogP contribution in [0, 0.1) is 0 Å². The van der Waals surface area contributed by atoms with Crippen molar-refractivity contribution >= 4 is 17.9 Å². The summed E-state index contributed by atoms with van der Waals surface area (Å²) in [5.41, 5.74) is 0. The predicted molar refractivity (Wildman–Crippen MR) is 183 cm³/mol. The maximum Gasteiger partial charge on any atom is 0.378 e. The van der Waals surface area contributed by atoms with Gasteiger partial charge in [0.25, 0.3) is 0 Å². The van der Waals surface area contributed by atoms with Crippen LogP contribution in [-0.2, 0) is 28.6 Å². The number of hydrogen-bond acceptors (Lipinski definition) is 8. The van der Waals surface area contributed by atoms with Crippen LogP contribution in [0.2, 0.25) is 0 Å². The van der Waals surface area contributed by atoms with Gasteiger partial charge in [0.15, 0.2) is 6.10 Å². The van der Waals surface area contributed by atoms with Gasteiger partial charge in [0, 0.05) is 12.8 Å². The lowest BCUT2D eigenvalue weighted by atomic mass is 10.0. The Balaban J connectivity index is 2.21. The van der Waals surface area contributed by atoms with Crippen molar-refractivity contribution in [3.63, 3.8) is 0 Å². The smallest absolute Gasteiger partial charge is 0.378 e. The predicted octanol–water partition coefficient (Wildman–Crippen LogP) is 10.1. The van der Waals surface area contributed by atoms with E-state index in [0.717, 1.165) is 38.5 Å². The van der Waals surface area contributed by atoms with Gasteiger partial charge in [-0.1, -0.05) is 168 Å². The molecule has 46 heavy (non-hydrogen) atoms. The van der Waals surface area contributed by atoms with Gasteiger partial charge in [-0.2, -0.15) is 0 Å². The van der Waals surface area contributed by atoms with Crippen LogP contribution in [0.3, 0.4) is 0 Å². The molecule has 0 saturated carbocycles. The number of carbonyl (C=O) groups is 3. The highest BCUT2D eigenvalue weighted by atomic mass is 16.6. The molecule has 1 aliphatic rings. The second-order valence-corrected chi connectivity index (χ2v) is 13.2. The Morgan fingerprint density at radius 1 is 0.609 bits per heavy atom. The van der Waals surface area contributed by atoms with Gasteiger partial charge < -0.3 is 24.4 Å². The van der Waals surface area contributed by atoms with E-state index in [4.69, 9.17) is 14.2 Å². The van der Waals surface area contributed by atoms with Crippen LogP contribution >= 0.6 is 0 Å². The summed E-state index contributed by atoms with van der Waals surface area (Å²) in [6, 6.07) is 0. The number of rotatable bonds is 32. The molecule has 1 aliphatic heterocycles. The van der Waals surface area contributed by atoms with Crippen molar-refractivity contribution in [2.24, 2.45) is 0 Å². The van der Waals surface area contributed by atoms with E-state index in [-0.39, 0.29) is 12.8 Å². The molecule has 0 spiro atoms. The summed E-state index contributed by atoms with van der Waals surface area (Å²) in [6.07, 6.45) is 28.8. The van der Waals surface area contributed by atoms with Crippen LogP contribution < -0.4 is 0 Å². The van der Waals surface area contributed by atoms with Crippen LogP contribution in [-0.4, -0.2) is 46.9 Å². The standard InChI is InChI=1S/C38H68O8/c1-3-5-7-9-11-13-15-17-19-21-23-25-27-29-33(40)44-32(31-39)36-37(35(42)38(43)46-36)45-34(41)30-28-26-24-22-20-18-16-14-12-10-8-6-4-2/h32,36,39,42H,3-31H2,1-2H3/t32-,36?/m0/s1. The van der Waals surface area contributed by atoms with Crippen molar-refractivity contribution in [2.45, 2.75) is 206 Å². The third kappa shape index (κ3) is 20.9. The van der Waals surface area contributed by atoms with Crippen LogP contribution in [0.1, 0.15) is 194 Å². The van der Waals surface area contributed by atoms with Crippen molar-refractivity contribution in [3.05, 3.63) is 11.5 Å². The van der Waals surface area contributed by atoms with Crippen molar-refractivity contribution in [3.8, 4) is 0 Å². The largest absolute Gasteiger partial charge is 0.499 e. The molecular weight excluding hydrogens is 584 g/mol. The number of aliphatic hydroxyl groups excluding tert-OH is 2. The molecule has 0 aromatic heterocycles. The number of aliphatic hydroxyl groups is 2. The first-order valence-electron chi connectivity index (χ1n) is 19.1. The molecule has 1 heterocycles. The lowest BCUT2D eigenvalue weighted by molar-refractivity contribution is -0.166. The molecule has 0 fully saturated rings. The monoisotopic (exact) mass is 652 g/mol. The maximum absolute atomic E-state index is 12.5. The lowest BCUT2D eigenvalue weighted by Gasteiger charge is -2.22. The summed E-state index contributed by atoms with van der Waals surface area (Å²) >= 11 is 0. The first-order chi connectivity index (χ1) is 22.4. The van der Waals surface area contributed by atoms with E-state index in [1.807, 2.05) is 0 Å². The fourth-order valence-electron chi connectivity index (χ4n) is 5.98. The molecule has 268 valence electrons. The highest BCUT2D eigenvalue weighted by Gasteiger charge is 2.44. The Kier molecular flexibility index (Phi) is 26.5. The summed E-state index contributed by atoms with van der Waals surface area (Å²) in [4.78, 5) is 37.0. The Hall–Kier alpha value is -2.09. The van der Waals surface area contributed by atoms with E-state index < -0.39 is 48.2 Å². The van der Waals surface area contributed by atoms with Crippen molar-refractivity contribution in [1.82, 2.24) is 0 Å². The van der Waals surface area contributed by atoms with Crippen LogP contribution in [0.5, 0.6) is 0 Å². The Bertz CT molecular complexity index is 824. The van der Waals surface area contributed by atoms with Gasteiger partial charge in [-0.3, -0.25) is 9.59 Å². The van der Waals surface area contributed by atoms with Gasteiger partial charge in [0.05, 0.1) is 6.61 Å². The first kappa shape index (κ1) is 41.9. The molecule has 1 unspecified atom stereocenters. The summed E-state index contributed by atoms with van der Waals surface area (Å²) in [5, 5.41) is 20.0. The minimum atomic E-state index is -1.36. The number of cyclic esters (lactones) is 1. The Morgan fingerprint density at radius 3 is 1.33 bits per heavy atom. The highest BCUT2D eigenvalue weighted by molar-refractivity contribution is 5.90. The summed E-state index contributed by atoms with van der Waals surface area (Å²) in [5.74, 6) is -3.41. The molecule has 0 aliphatic carbocycles. The number of carbonyl (C=O) groups excluding carboxylic acids is 3. The highest BCUT2D eigenvalue weighted by Crippen LogP contribution is 2.27. The minimum absolute atomic E-state index is 0.137. The number of hydrogen-bond donors (Lipinski definition) is 2. The van der Waals surface area contributed by atoms with Crippen LogP contribution in [0.15, 0.2) is 11.5 Å². The van der Waals surface area contributed by atoms with E-state index in [0.29, 0.717) is 12.8 Å². The van der Waals surface area contributed by atoms with Gasteiger partial charge in [0.2, 0.25) is 17.6 Å². The van der Waals surface area contributed by atoms with Crippen LogP contribution in [0.25, 0.3) is 0 Å². The Labute approximate surface area is 280 Å². The molecule has 0 amide bonds. The number of unbranched alkanes of at least 4 members (excludes halogenated alkanes) is 24. The van der Waals surface area contributed by atoms with Gasteiger partial charge in [-0.25, -0.2) is 4.79 Å². The molecule has 0 aromatic rings. The zero-order valence-electron chi connectivity index (χ0n) is 29.5. The molecule has 8 heteroatoms. The van der Waals surface area contributed by atoms with Crippen molar-refractivity contribution in [1.29, 1.82) is 0 Å². The van der Waals surface area contributed by atoms with Gasteiger partial charge >= 0.3 is 17.9 Å². The van der Waals surface area contributed by atoms with Gasteiger partial charge in [-0.15, -0.1) is 0 Å². The third-order valence-electron chi connectivity index (χ3n) is 8.91. The molecule has 8 nitrogen and oxygen atoms in total. The molecule has 0 aromatic carbocycles. The summed E-state index contributed by atoms with van der Waals surface area (Å²) in [7, 11) is 0. The Morgan fingerprint density at radius 2 is 0.957 bits per heavy atom. The lowest BCUT2D eigenvalue weighted by Crippen LogP contribution is -2.37. The minimum Gasteiger partial charge on any atom is -0.499 e. The molecule has 2 N–H and O–H groups in total. The quantitative estimate of drug-likeness (QED) is 0.0419. The van der Waals surface area contributed by atoms with Crippen molar-refractivity contribution < 1.29 is 38.8 Å². The van der Waals surface area contributed by atoms with Crippen LogP contribution in [0.4, 0.5) is 0 Å². The maximum atomic E-state index is 12.5. The second-order valence-electron chi connectivity index (χ2n) is 13.2. The average Bonchev–Trinajstić information content (AvgIpc) is 3.32. The first-order valence-corrected chi connectivity index (χ1v) is 19.1. The fourth-order valence-corrected chi connectivity index (χ4v) is 5.98. The zero-order valence-corrected chi connectivity index (χ0v) is 29.5. The number of esters is 3. The molecule has 0 radical (unpaired) electrons. The van der Waals surface area contributed by atoms with Gasteiger partial charge in [0.1, 0.15) is 0 Å². The third-order valence-corrected chi connectivity index (χ3v) is 8.91. The second kappa shape index (κ2) is 29.1. The summed E-state index contributed by atoms with van der Waals surface area (Å²) < 4.78 is 15.8. The van der Waals surface area contributed by atoms with Gasteiger partial charge in [-0.05, 0) is 12.8 Å². The van der Waals surface area contributed by atoms with Crippen molar-refractivity contribution in [2.75, 3.05) is 6.61 Å². The van der Waals surface area contributed by atoms with E-state index in [2.05, 4.69) is 13.8 Å². The SMILES string of the molecule is CCCCCCCCCCCCCCCC(=O)OC1=C(O)C(=O)OC1[C@H](CO)OC(=O)CCCCCCCCCCCCCCC. The average molecular weight is 653 g/mol. The zero-order chi connectivity index (χ0) is 33.7. The molecule has 1 rings (SSSR count). The number of ether oxygens (including phenoxy) is 3. The van der Waals surface area contributed by atoms with E-state index >= 15 is 0 Å². The normalized spacial score (nSPS) is 15.3. The summed E-state index contributed by atoms with van der Waals surface area (Å²) in [6.45, 7) is 3.84. The molecule has 0 bridgehead atoms. The van der Waals surface area contributed by atoms with E-state index in [1.54, 1.807) is 0 Å². The molecular formula is C38H68O8. The topological polar surface area (TPSA) is 119 Å². The fraction of sp³-hybridized carbons (Fsp3) is 0.868.